The normalized spacial score (nSPS) is 15.8. The van der Waals surface area contributed by atoms with Gasteiger partial charge in [0.15, 0.2) is 0 Å². The zero-order chi connectivity index (χ0) is 22.4. The van der Waals surface area contributed by atoms with Crippen molar-refractivity contribution in [3.63, 3.8) is 0 Å². The van der Waals surface area contributed by atoms with Gasteiger partial charge in [0, 0.05) is 23.7 Å². The van der Waals surface area contributed by atoms with Crippen molar-refractivity contribution in [2.45, 2.75) is 17.4 Å². The number of rotatable bonds is 7. The van der Waals surface area contributed by atoms with Gasteiger partial charge in [-0.15, -0.1) is 0 Å². The number of nitrogens with zero attached hydrogens (tertiary/aromatic N) is 1. The Morgan fingerprint density at radius 2 is 1.87 bits per heavy atom. The van der Waals surface area contributed by atoms with Gasteiger partial charge < -0.3 is 14.8 Å². The van der Waals surface area contributed by atoms with Crippen molar-refractivity contribution in [2.24, 2.45) is 0 Å². The highest BCUT2D eigenvalue weighted by Crippen LogP contribution is 2.26. The van der Waals surface area contributed by atoms with E-state index in [1.807, 2.05) is 0 Å². The number of methoxy groups -OCH3 is 1. The first-order chi connectivity index (χ1) is 14.8. The molecule has 1 amide bonds. The van der Waals surface area contributed by atoms with Crippen molar-refractivity contribution in [3.8, 4) is 0 Å². The predicted molar refractivity (Wildman–Crippen MR) is 114 cm³/mol. The molecule has 0 saturated carbocycles. The van der Waals surface area contributed by atoms with E-state index >= 15 is 0 Å². The zero-order valence-corrected chi connectivity index (χ0v) is 18.5. The Morgan fingerprint density at radius 1 is 1.16 bits per heavy atom. The van der Waals surface area contributed by atoms with E-state index in [1.54, 1.807) is 24.3 Å². The van der Waals surface area contributed by atoms with Gasteiger partial charge in [-0.05, 0) is 29.8 Å². The van der Waals surface area contributed by atoms with Crippen LogP contribution in [0.4, 0.5) is 0 Å². The summed E-state index contributed by atoms with van der Waals surface area (Å²) in [4.78, 5) is 24.8. The van der Waals surface area contributed by atoms with Crippen molar-refractivity contribution in [1.29, 1.82) is 0 Å². The van der Waals surface area contributed by atoms with Gasteiger partial charge in [-0.1, -0.05) is 35.9 Å². The molecule has 1 aliphatic rings. The minimum Gasteiger partial charge on any atom is -0.469 e. The fourth-order valence-electron chi connectivity index (χ4n) is 3.22. The van der Waals surface area contributed by atoms with E-state index in [0.717, 1.165) is 0 Å². The Bertz CT molecular complexity index is 1050. The summed E-state index contributed by atoms with van der Waals surface area (Å²) in [7, 11) is -2.49. The van der Waals surface area contributed by atoms with Crippen LogP contribution >= 0.6 is 11.6 Å². The van der Waals surface area contributed by atoms with Crippen molar-refractivity contribution >= 4 is 33.5 Å². The molecule has 1 saturated heterocycles. The van der Waals surface area contributed by atoms with Gasteiger partial charge in [-0.3, -0.25) is 9.59 Å². The van der Waals surface area contributed by atoms with E-state index in [-0.39, 0.29) is 30.0 Å². The lowest BCUT2D eigenvalue weighted by Gasteiger charge is -2.26. The molecular weight excluding hydrogens is 444 g/mol. The standard InChI is InChI=1S/C21H23ClN2O6S/c1-29-20(25)14-19(17-7-2-3-8-18(17)22)23-21(26)15-5-4-6-16(13-15)31(27,28)24-9-11-30-12-10-24/h2-8,13,19H,9-12,14H2,1H3,(H,23,26). The molecule has 2 aromatic rings. The summed E-state index contributed by atoms with van der Waals surface area (Å²) in [5.74, 6) is -1.05. The molecule has 1 unspecified atom stereocenters. The maximum Gasteiger partial charge on any atom is 0.307 e. The highest BCUT2D eigenvalue weighted by Gasteiger charge is 2.27. The van der Waals surface area contributed by atoms with Crippen molar-refractivity contribution in [2.75, 3.05) is 33.4 Å². The number of esters is 1. The number of amides is 1. The Kier molecular flexibility index (Phi) is 7.66. The number of sulfonamides is 1. The summed E-state index contributed by atoms with van der Waals surface area (Å²) >= 11 is 6.25. The topological polar surface area (TPSA) is 102 Å². The number of ether oxygens (including phenoxy) is 2. The first-order valence-corrected chi connectivity index (χ1v) is 11.4. The molecular formula is C21H23ClN2O6S. The molecule has 1 heterocycles. The largest absolute Gasteiger partial charge is 0.469 e. The van der Waals surface area contributed by atoms with Gasteiger partial charge in [-0.25, -0.2) is 8.42 Å². The first kappa shape index (κ1) is 23.2. The fourth-order valence-corrected chi connectivity index (χ4v) is 4.94. The van der Waals surface area contributed by atoms with Crippen LogP contribution in [0.2, 0.25) is 5.02 Å². The van der Waals surface area contributed by atoms with E-state index in [4.69, 9.17) is 21.1 Å². The second kappa shape index (κ2) is 10.2. The van der Waals surface area contributed by atoms with Crippen LogP contribution in [0.1, 0.15) is 28.4 Å². The van der Waals surface area contributed by atoms with Gasteiger partial charge in [0.2, 0.25) is 10.0 Å². The molecule has 1 fully saturated rings. The Morgan fingerprint density at radius 3 is 2.55 bits per heavy atom. The van der Waals surface area contributed by atoms with Gasteiger partial charge in [0.05, 0.1) is 37.7 Å². The number of halogens is 1. The first-order valence-electron chi connectivity index (χ1n) is 9.63. The highest BCUT2D eigenvalue weighted by atomic mass is 35.5. The summed E-state index contributed by atoms with van der Waals surface area (Å²) in [6.07, 6.45) is -0.127. The smallest absolute Gasteiger partial charge is 0.307 e. The molecule has 166 valence electrons. The fraction of sp³-hybridized carbons (Fsp3) is 0.333. The number of nitrogens with one attached hydrogen (secondary N) is 1. The average Bonchev–Trinajstić information content (AvgIpc) is 2.79. The molecule has 31 heavy (non-hydrogen) atoms. The van der Waals surface area contributed by atoms with E-state index in [9.17, 15) is 18.0 Å². The second-order valence-corrected chi connectivity index (χ2v) is 9.22. The summed E-state index contributed by atoms with van der Waals surface area (Å²) in [5, 5.41) is 3.15. The van der Waals surface area contributed by atoms with Crippen molar-refractivity contribution in [3.05, 3.63) is 64.7 Å². The summed E-state index contributed by atoms with van der Waals surface area (Å²) < 4.78 is 37.1. The number of hydrogen-bond acceptors (Lipinski definition) is 6. The predicted octanol–water partition coefficient (Wildman–Crippen LogP) is 2.40. The number of benzene rings is 2. The molecule has 0 spiro atoms. The molecule has 1 atom stereocenters. The molecule has 10 heteroatoms. The van der Waals surface area contributed by atoms with E-state index in [0.29, 0.717) is 23.8 Å². The Hall–Kier alpha value is -2.46. The molecule has 8 nitrogen and oxygen atoms in total. The summed E-state index contributed by atoms with van der Waals surface area (Å²) in [5.41, 5.74) is 0.705. The van der Waals surface area contributed by atoms with E-state index < -0.39 is 27.9 Å². The van der Waals surface area contributed by atoms with Crippen LogP contribution in [-0.2, 0) is 24.3 Å². The van der Waals surface area contributed by atoms with Crippen LogP contribution in [0.3, 0.4) is 0 Å². The summed E-state index contributed by atoms with van der Waals surface area (Å²) in [6.45, 7) is 1.16. The maximum absolute atomic E-state index is 12.9. The minimum atomic E-state index is -3.75. The number of morpholine rings is 1. The van der Waals surface area contributed by atoms with E-state index in [2.05, 4.69) is 5.32 Å². The third kappa shape index (κ3) is 5.62. The Balaban J connectivity index is 1.85. The SMILES string of the molecule is COC(=O)CC(NC(=O)c1cccc(S(=O)(=O)N2CCOCC2)c1)c1ccccc1Cl. The van der Waals surface area contributed by atoms with Crippen LogP contribution < -0.4 is 5.32 Å². The highest BCUT2D eigenvalue weighted by molar-refractivity contribution is 7.89. The molecule has 0 bridgehead atoms. The molecule has 2 aromatic carbocycles. The summed E-state index contributed by atoms with van der Waals surface area (Å²) in [6, 6.07) is 11.9. The average molecular weight is 467 g/mol. The maximum atomic E-state index is 12.9. The zero-order valence-electron chi connectivity index (χ0n) is 16.9. The van der Waals surface area contributed by atoms with Gasteiger partial charge in [0.25, 0.3) is 5.91 Å². The van der Waals surface area contributed by atoms with Gasteiger partial charge >= 0.3 is 5.97 Å². The molecule has 1 aliphatic heterocycles. The van der Waals surface area contributed by atoms with Crippen LogP contribution in [0.15, 0.2) is 53.4 Å². The monoisotopic (exact) mass is 466 g/mol. The molecule has 0 aromatic heterocycles. The van der Waals surface area contributed by atoms with Crippen molar-refractivity contribution < 1.29 is 27.5 Å². The van der Waals surface area contributed by atoms with Gasteiger partial charge in [0.1, 0.15) is 0 Å². The lowest BCUT2D eigenvalue weighted by atomic mass is 10.0. The molecule has 0 radical (unpaired) electrons. The molecule has 0 aliphatic carbocycles. The quantitative estimate of drug-likeness (QED) is 0.628. The van der Waals surface area contributed by atoms with E-state index in [1.165, 1.54) is 35.7 Å². The number of carbonyl (C=O) groups is 2. The lowest BCUT2D eigenvalue weighted by molar-refractivity contribution is -0.141. The third-order valence-electron chi connectivity index (χ3n) is 4.89. The number of hydrogen-bond donors (Lipinski definition) is 1. The second-order valence-electron chi connectivity index (χ2n) is 6.87. The van der Waals surface area contributed by atoms with Crippen LogP contribution in [0.25, 0.3) is 0 Å². The molecule has 3 rings (SSSR count). The third-order valence-corrected chi connectivity index (χ3v) is 7.13. The van der Waals surface area contributed by atoms with Gasteiger partial charge in [-0.2, -0.15) is 4.31 Å². The van der Waals surface area contributed by atoms with Crippen LogP contribution in [0.5, 0.6) is 0 Å². The Labute approximate surface area is 186 Å². The molecule has 1 N–H and O–H groups in total. The lowest BCUT2D eigenvalue weighted by Crippen LogP contribution is -2.40. The minimum absolute atomic E-state index is 0.0179. The number of carbonyl (C=O) groups excluding carboxylic acids is 2. The van der Waals surface area contributed by atoms with Crippen LogP contribution in [0, 0.1) is 0 Å². The van der Waals surface area contributed by atoms with Crippen LogP contribution in [-0.4, -0.2) is 58.0 Å². The van der Waals surface area contributed by atoms with Crippen molar-refractivity contribution in [1.82, 2.24) is 9.62 Å².